The standard InChI is InChI=1S/C33H37ClN8O3/c1-43-23-10-12-28-27(19-23)30(26-11-9-20(34)15-29(26)39-28)35-13-14-36-31-40-32(37-21-7-5-4-6-8-21)42-33(41-31)38-22-16-24(44-2)18-25(17-22)45-3/h9-12,15-19,21H,4-8,13-14H2,1-3H3,(H,35,39)(H3,36,37,38,40,41,42). The fourth-order valence-corrected chi connectivity index (χ4v) is 5.76. The van der Waals surface area contributed by atoms with Crippen LogP contribution < -0.4 is 35.5 Å². The maximum Gasteiger partial charge on any atom is 0.233 e. The van der Waals surface area contributed by atoms with E-state index in [0.29, 0.717) is 53.5 Å². The first-order valence-corrected chi connectivity index (χ1v) is 15.5. The molecule has 1 saturated carbocycles. The molecule has 0 bridgehead atoms. The number of anilines is 5. The lowest BCUT2D eigenvalue weighted by atomic mass is 9.96. The van der Waals surface area contributed by atoms with Crippen LogP contribution in [0.25, 0.3) is 21.8 Å². The lowest BCUT2D eigenvalue weighted by Crippen LogP contribution is -2.24. The van der Waals surface area contributed by atoms with Gasteiger partial charge in [-0.3, -0.25) is 0 Å². The predicted molar refractivity (Wildman–Crippen MR) is 181 cm³/mol. The summed E-state index contributed by atoms with van der Waals surface area (Å²) >= 11 is 6.30. The Labute approximate surface area is 267 Å². The van der Waals surface area contributed by atoms with Crippen molar-refractivity contribution in [2.75, 3.05) is 55.7 Å². The van der Waals surface area contributed by atoms with Gasteiger partial charge in [-0.25, -0.2) is 4.98 Å². The summed E-state index contributed by atoms with van der Waals surface area (Å²) in [6, 6.07) is 17.5. The van der Waals surface area contributed by atoms with Crippen LogP contribution in [0, 0.1) is 0 Å². The topological polar surface area (TPSA) is 127 Å². The second-order valence-electron chi connectivity index (χ2n) is 10.9. The fourth-order valence-electron chi connectivity index (χ4n) is 5.59. The fraction of sp³-hybridized carbons (Fsp3) is 0.333. The van der Waals surface area contributed by atoms with Crippen LogP contribution in [0.2, 0.25) is 5.02 Å². The van der Waals surface area contributed by atoms with Gasteiger partial charge in [0, 0.05) is 58.8 Å². The molecule has 0 radical (unpaired) electrons. The molecule has 0 unspecified atom stereocenters. The molecule has 11 nitrogen and oxygen atoms in total. The molecule has 45 heavy (non-hydrogen) atoms. The van der Waals surface area contributed by atoms with Gasteiger partial charge in [0.05, 0.1) is 38.1 Å². The Hall–Kier alpha value is -4.77. The van der Waals surface area contributed by atoms with Crippen LogP contribution in [-0.2, 0) is 0 Å². The Kier molecular flexibility index (Phi) is 9.35. The molecule has 12 heteroatoms. The van der Waals surface area contributed by atoms with Crippen LogP contribution in [0.1, 0.15) is 32.1 Å². The Morgan fingerprint density at radius 2 is 1.38 bits per heavy atom. The molecule has 3 aromatic carbocycles. The van der Waals surface area contributed by atoms with Gasteiger partial charge in [-0.2, -0.15) is 15.0 Å². The minimum absolute atomic E-state index is 0.333. The summed E-state index contributed by atoms with van der Waals surface area (Å²) < 4.78 is 16.4. The van der Waals surface area contributed by atoms with E-state index in [4.69, 9.17) is 40.8 Å². The molecule has 0 saturated heterocycles. The van der Waals surface area contributed by atoms with Crippen LogP contribution in [0.5, 0.6) is 17.2 Å². The summed E-state index contributed by atoms with van der Waals surface area (Å²) in [5.74, 6) is 3.47. The Bertz CT molecular complexity index is 1780. The molecule has 0 spiro atoms. The van der Waals surface area contributed by atoms with Crippen LogP contribution in [0.4, 0.5) is 29.2 Å². The van der Waals surface area contributed by atoms with Gasteiger partial charge in [0.25, 0.3) is 0 Å². The van der Waals surface area contributed by atoms with Gasteiger partial charge >= 0.3 is 0 Å². The molecule has 1 aliphatic rings. The maximum atomic E-state index is 6.30. The number of hydrogen-bond donors (Lipinski definition) is 4. The van der Waals surface area contributed by atoms with Crippen molar-refractivity contribution in [2.45, 2.75) is 38.1 Å². The van der Waals surface area contributed by atoms with Crippen LogP contribution in [0.15, 0.2) is 54.6 Å². The number of pyridine rings is 1. The molecule has 2 aromatic heterocycles. The zero-order valence-electron chi connectivity index (χ0n) is 25.6. The van der Waals surface area contributed by atoms with E-state index in [1.165, 1.54) is 19.3 Å². The number of hydrogen-bond acceptors (Lipinski definition) is 11. The highest BCUT2D eigenvalue weighted by molar-refractivity contribution is 6.31. The van der Waals surface area contributed by atoms with Gasteiger partial charge < -0.3 is 35.5 Å². The number of methoxy groups -OCH3 is 3. The predicted octanol–water partition coefficient (Wildman–Crippen LogP) is 7.26. The van der Waals surface area contributed by atoms with Crippen molar-refractivity contribution >= 4 is 62.6 Å². The third kappa shape index (κ3) is 7.31. The number of nitrogens with zero attached hydrogens (tertiary/aromatic N) is 4. The first-order valence-electron chi connectivity index (χ1n) is 15.1. The number of benzene rings is 3. The molecule has 234 valence electrons. The molecule has 4 N–H and O–H groups in total. The van der Waals surface area contributed by atoms with Crippen molar-refractivity contribution < 1.29 is 14.2 Å². The summed E-state index contributed by atoms with van der Waals surface area (Å²) in [4.78, 5) is 18.9. The van der Waals surface area contributed by atoms with E-state index in [0.717, 1.165) is 51.8 Å². The van der Waals surface area contributed by atoms with Crippen molar-refractivity contribution in [3.63, 3.8) is 0 Å². The van der Waals surface area contributed by atoms with E-state index in [9.17, 15) is 0 Å². The van der Waals surface area contributed by atoms with Gasteiger partial charge in [-0.1, -0.05) is 30.9 Å². The third-order valence-electron chi connectivity index (χ3n) is 7.83. The van der Waals surface area contributed by atoms with Gasteiger partial charge in [0.2, 0.25) is 17.8 Å². The Morgan fingerprint density at radius 1 is 0.667 bits per heavy atom. The molecule has 1 aliphatic carbocycles. The minimum atomic E-state index is 0.333. The second kappa shape index (κ2) is 13.9. The Morgan fingerprint density at radius 3 is 2.13 bits per heavy atom. The highest BCUT2D eigenvalue weighted by Crippen LogP contribution is 2.34. The zero-order valence-corrected chi connectivity index (χ0v) is 26.4. The second-order valence-corrected chi connectivity index (χ2v) is 11.3. The molecule has 5 aromatic rings. The molecule has 6 rings (SSSR count). The van der Waals surface area contributed by atoms with Crippen LogP contribution >= 0.6 is 11.6 Å². The Balaban J connectivity index is 1.23. The van der Waals surface area contributed by atoms with Gasteiger partial charge in [0.1, 0.15) is 17.2 Å². The largest absolute Gasteiger partial charge is 0.497 e. The summed E-state index contributed by atoms with van der Waals surface area (Å²) in [5.41, 5.74) is 3.36. The summed E-state index contributed by atoms with van der Waals surface area (Å²) in [6.45, 7) is 1.13. The maximum absolute atomic E-state index is 6.30. The molecule has 0 aliphatic heterocycles. The lowest BCUT2D eigenvalue weighted by molar-refractivity contribution is 0.395. The van der Waals surface area contributed by atoms with E-state index in [1.54, 1.807) is 21.3 Å². The molecular formula is C33H37ClN8O3. The van der Waals surface area contributed by atoms with Crippen LogP contribution in [-0.4, -0.2) is 60.4 Å². The monoisotopic (exact) mass is 628 g/mol. The highest BCUT2D eigenvalue weighted by atomic mass is 35.5. The van der Waals surface area contributed by atoms with E-state index in [2.05, 4.69) is 26.3 Å². The van der Waals surface area contributed by atoms with Crippen LogP contribution in [0.3, 0.4) is 0 Å². The van der Waals surface area contributed by atoms with Gasteiger partial charge in [-0.05, 0) is 49.2 Å². The zero-order chi connectivity index (χ0) is 31.2. The number of rotatable bonds is 12. The average molecular weight is 629 g/mol. The van der Waals surface area contributed by atoms with Crippen molar-refractivity contribution in [1.82, 2.24) is 19.9 Å². The minimum Gasteiger partial charge on any atom is -0.497 e. The van der Waals surface area contributed by atoms with E-state index >= 15 is 0 Å². The van der Waals surface area contributed by atoms with Crippen molar-refractivity contribution in [2.24, 2.45) is 0 Å². The number of aromatic nitrogens is 4. The van der Waals surface area contributed by atoms with Gasteiger partial charge in [0.15, 0.2) is 0 Å². The third-order valence-corrected chi connectivity index (χ3v) is 8.07. The summed E-state index contributed by atoms with van der Waals surface area (Å²) in [6.07, 6.45) is 5.85. The van der Waals surface area contributed by atoms with E-state index < -0.39 is 0 Å². The first kappa shape index (κ1) is 30.3. The van der Waals surface area contributed by atoms with Crippen molar-refractivity contribution in [3.05, 3.63) is 59.6 Å². The average Bonchev–Trinajstić information content (AvgIpc) is 3.06. The van der Waals surface area contributed by atoms with E-state index in [-0.39, 0.29) is 0 Å². The first-order chi connectivity index (χ1) is 22.0. The number of halogens is 1. The highest BCUT2D eigenvalue weighted by Gasteiger charge is 2.17. The van der Waals surface area contributed by atoms with Gasteiger partial charge in [-0.15, -0.1) is 0 Å². The summed E-state index contributed by atoms with van der Waals surface area (Å²) in [7, 11) is 4.90. The SMILES string of the molecule is COc1cc(Nc2nc(NCCNc3c4ccc(Cl)cc4nc4ccc(OC)cc34)nc(NC3CCCCC3)n2)cc(OC)c1. The molecule has 0 atom stereocenters. The molecule has 2 heterocycles. The smallest absolute Gasteiger partial charge is 0.233 e. The number of ether oxygens (including phenoxy) is 3. The molecule has 0 amide bonds. The van der Waals surface area contributed by atoms with E-state index in [1.807, 2.05) is 54.6 Å². The quantitative estimate of drug-likeness (QED) is 0.0823. The van der Waals surface area contributed by atoms with Crippen molar-refractivity contribution in [1.29, 1.82) is 0 Å². The lowest BCUT2D eigenvalue weighted by Gasteiger charge is -2.23. The molecule has 1 fully saturated rings. The number of nitrogens with one attached hydrogen (secondary N) is 4. The molecular weight excluding hydrogens is 592 g/mol. The normalized spacial score (nSPS) is 13.4. The van der Waals surface area contributed by atoms with Crippen molar-refractivity contribution in [3.8, 4) is 17.2 Å². The summed E-state index contributed by atoms with van der Waals surface area (Å²) in [5, 5.41) is 16.4. The number of fused-ring (bicyclic) bond motifs is 2.